The number of hydrogen-bond acceptors (Lipinski definition) is 3. The van der Waals surface area contributed by atoms with Crippen LogP contribution in [0.15, 0.2) is 0 Å². The molecule has 0 amide bonds. The zero-order valence-electron chi connectivity index (χ0n) is 12.6. The Morgan fingerprint density at radius 2 is 0.731 bits per heavy atom. The van der Waals surface area contributed by atoms with Gasteiger partial charge in [-0.2, -0.15) is 57.1 Å². The molecule has 0 heterocycles. The quantitative estimate of drug-likeness (QED) is 0.420. The summed E-state index contributed by atoms with van der Waals surface area (Å²) in [4.78, 5) is 0. The Kier molecular flexibility index (Phi) is 6.45. The largest absolute Gasteiger partial charge is 0.581 e. The van der Waals surface area contributed by atoms with Gasteiger partial charge >= 0.3 is 44.2 Å². The summed E-state index contributed by atoms with van der Waals surface area (Å²) in [5, 5.41) is 0. The molecule has 0 radical (unpaired) electrons. The minimum Gasteiger partial charge on any atom is -0.373 e. The smallest absolute Gasteiger partial charge is 0.373 e. The molecule has 0 bridgehead atoms. The van der Waals surface area contributed by atoms with Crippen molar-refractivity contribution in [3.8, 4) is 0 Å². The lowest BCUT2D eigenvalue weighted by Crippen LogP contribution is -2.76. The van der Waals surface area contributed by atoms with E-state index < -0.39 is 44.2 Å². The van der Waals surface area contributed by atoms with Gasteiger partial charge in [-0.05, 0) is 0 Å². The maximum Gasteiger partial charge on any atom is 0.581 e. The summed E-state index contributed by atoms with van der Waals surface area (Å²) < 4.78 is 180. The van der Waals surface area contributed by atoms with Gasteiger partial charge < -0.3 is 13.3 Å². The summed E-state index contributed by atoms with van der Waals surface area (Å²) in [7, 11) is -5.87. The first kappa shape index (κ1) is 25.2. The molecule has 0 saturated heterocycles. The molecule has 0 unspecified atom stereocenters. The Bertz CT molecular complexity index is 467. The fourth-order valence-corrected chi connectivity index (χ4v) is 3.41. The molecule has 0 rings (SSSR count). The van der Waals surface area contributed by atoms with Gasteiger partial charge in [0.2, 0.25) is 0 Å². The van der Waals surface area contributed by atoms with Crippen LogP contribution < -0.4 is 0 Å². The molecule has 0 N–H and O–H groups in total. The van der Waals surface area contributed by atoms with Crippen LogP contribution in [0.4, 0.5) is 57.1 Å². The predicted octanol–water partition coefficient (Wildman–Crippen LogP) is 4.14. The minimum absolute atomic E-state index is 0.143. The highest BCUT2D eigenvalue weighted by Crippen LogP contribution is 2.61. The number of hydrogen-bond donors (Lipinski definition) is 0. The third kappa shape index (κ3) is 2.95. The van der Waals surface area contributed by atoms with E-state index in [1.165, 1.54) is 0 Å². The van der Waals surface area contributed by atoms with Crippen LogP contribution in [0.3, 0.4) is 0 Å². The van der Waals surface area contributed by atoms with Gasteiger partial charge in [0.05, 0.1) is 0 Å². The molecule has 0 aliphatic rings. The number of alkyl halides is 13. The van der Waals surface area contributed by atoms with E-state index in [0.29, 0.717) is 0 Å². The molecule has 158 valence electrons. The fraction of sp³-hybridized carbons (Fsp3) is 1.00. The van der Waals surface area contributed by atoms with Gasteiger partial charge in [-0.15, -0.1) is 0 Å². The Morgan fingerprint density at radius 1 is 0.462 bits per heavy atom. The molecule has 0 saturated carbocycles. The van der Waals surface area contributed by atoms with Gasteiger partial charge in [-0.25, -0.2) is 0 Å². The zero-order chi connectivity index (χ0) is 21.6. The highest BCUT2D eigenvalue weighted by molar-refractivity contribution is 6.63. The lowest BCUT2D eigenvalue weighted by Gasteiger charge is -2.42. The molecular formula is C9H9F13O3Si. The molecule has 17 heteroatoms. The van der Waals surface area contributed by atoms with Crippen molar-refractivity contribution in [1.29, 1.82) is 0 Å². The van der Waals surface area contributed by atoms with Crippen molar-refractivity contribution in [2.24, 2.45) is 0 Å². The summed E-state index contributed by atoms with van der Waals surface area (Å²) in [6, 6.07) is 0. The van der Waals surface area contributed by atoms with E-state index in [4.69, 9.17) is 0 Å². The SMILES string of the molecule is CO[Si](OC)(OC)C(F)(F)C(F)(F)C(F)(F)C(F)(F)C(F)(F)C(F)(F)F. The van der Waals surface area contributed by atoms with E-state index in [0.717, 1.165) is 0 Å². The molecule has 0 aromatic rings. The maximum atomic E-state index is 13.8. The van der Waals surface area contributed by atoms with Crippen LogP contribution >= 0.6 is 0 Å². The van der Waals surface area contributed by atoms with Crippen molar-refractivity contribution in [3.05, 3.63) is 0 Å². The first-order chi connectivity index (χ1) is 11.2. The third-order valence-electron chi connectivity index (χ3n) is 3.12. The highest BCUT2D eigenvalue weighted by Gasteiger charge is 2.94. The predicted molar refractivity (Wildman–Crippen MR) is 57.6 cm³/mol. The van der Waals surface area contributed by atoms with Crippen molar-refractivity contribution in [3.63, 3.8) is 0 Å². The lowest BCUT2D eigenvalue weighted by molar-refractivity contribution is -0.436. The molecule has 0 atom stereocenters. The Labute approximate surface area is 137 Å². The standard InChI is InChI=1S/C9H9F13O3Si/c1-23-26(24-2,25-3)9(21,22)7(16,17)5(12,13)4(10,11)6(14,15)8(18,19)20/h1-3H3. The lowest BCUT2D eigenvalue weighted by atomic mass is 9.98. The Balaban J connectivity index is 6.59. The topological polar surface area (TPSA) is 27.7 Å². The molecule has 3 nitrogen and oxygen atoms in total. The van der Waals surface area contributed by atoms with Gasteiger partial charge in [0.25, 0.3) is 0 Å². The van der Waals surface area contributed by atoms with Crippen LogP contribution in [0.2, 0.25) is 0 Å². The molecular weight excluding hydrogens is 431 g/mol. The first-order valence-corrected chi connectivity index (χ1v) is 7.52. The van der Waals surface area contributed by atoms with Crippen molar-refractivity contribution in [1.82, 2.24) is 0 Å². The maximum absolute atomic E-state index is 13.8. The summed E-state index contributed by atoms with van der Waals surface area (Å²) in [5.74, 6) is -31.2. The van der Waals surface area contributed by atoms with Crippen molar-refractivity contribution >= 4 is 8.80 Å². The molecule has 0 aliphatic carbocycles. The molecule has 0 aromatic carbocycles. The van der Waals surface area contributed by atoms with Crippen LogP contribution in [0.25, 0.3) is 0 Å². The van der Waals surface area contributed by atoms with Gasteiger partial charge in [0, 0.05) is 21.3 Å². The van der Waals surface area contributed by atoms with Gasteiger partial charge in [-0.1, -0.05) is 0 Å². The van der Waals surface area contributed by atoms with Crippen LogP contribution in [-0.4, -0.2) is 65.5 Å². The minimum atomic E-state index is -7.99. The summed E-state index contributed by atoms with van der Waals surface area (Å²) in [6.07, 6.45) is -7.47. The van der Waals surface area contributed by atoms with Crippen molar-refractivity contribution < 1.29 is 70.4 Å². The summed E-state index contributed by atoms with van der Waals surface area (Å²) >= 11 is 0. The average Bonchev–Trinajstić information content (AvgIpc) is 2.47. The van der Waals surface area contributed by atoms with Gasteiger partial charge in [0.1, 0.15) is 0 Å². The second-order valence-electron chi connectivity index (χ2n) is 4.54. The van der Waals surface area contributed by atoms with Crippen molar-refractivity contribution in [2.75, 3.05) is 21.3 Å². The monoisotopic (exact) mass is 440 g/mol. The van der Waals surface area contributed by atoms with E-state index in [1.54, 1.807) is 0 Å². The van der Waals surface area contributed by atoms with E-state index >= 15 is 0 Å². The molecule has 26 heavy (non-hydrogen) atoms. The average molecular weight is 440 g/mol. The van der Waals surface area contributed by atoms with E-state index in [-0.39, 0.29) is 21.3 Å². The Morgan fingerprint density at radius 3 is 0.962 bits per heavy atom. The van der Waals surface area contributed by atoms with Gasteiger partial charge in [-0.3, -0.25) is 0 Å². The van der Waals surface area contributed by atoms with Crippen LogP contribution in [0, 0.1) is 0 Å². The normalized spacial score (nSPS) is 16.2. The molecule has 0 aromatic heterocycles. The Hall–Kier alpha value is -0.813. The van der Waals surface area contributed by atoms with Crippen LogP contribution in [0.1, 0.15) is 0 Å². The van der Waals surface area contributed by atoms with Crippen molar-refractivity contribution in [2.45, 2.75) is 35.4 Å². The summed E-state index contributed by atoms with van der Waals surface area (Å²) in [5.41, 5.74) is -6.55. The second kappa shape index (κ2) is 6.66. The number of halogens is 13. The molecule has 0 spiro atoms. The van der Waals surface area contributed by atoms with Gasteiger partial charge in [0.15, 0.2) is 0 Å². The second-order valence-corrected chi connectivity index (χ2v) is 7.50. The first-order valence-electron chi connectivity index (χ1n) is 5.79. The summed E-state index contributed by atoms with van der Waals surface area (Å²) in [6.45, 7) is 0. The molecule has 0 aliphatic heterocycles. The third-order valence-corrected chi connectivity index (χ3v) is 5.82. The van der Waals surface area contributed by atoms with E-state index in [1.807, 2.05) is 0 Å². The van der Waals surface area contributed by atoms with E-state index in [2.05, 4.69) is 13.3 Å². The number of rotatable bonds is 8. The molecule has 0 fully saturated rings. The van der Waals surface area contributed by atoms with Crippen LogP contribution in [-0.2, 0) is 13.3 Å². The highest BCUT2D eigenvalue weighted by atomic mass is 28.4. The van der Waals surface area contributed by atoms with Crippen LogP contribution in [0.5, 0.6) is 0 Å². The fourth-order valence-electron chi connectivity index (χ4n) is 1.60. The zero-order valence-corrected chi connectivity index (χ0v) is 13.6. The van der Waals surface area contributed by atoms with E-state index in [9.17, 15) is 57.1 Å².